The number of nitrogens with zero attached hydrogens (tertiary/aromatic N) is 5. The van der Waals surface area contributed by atoms with Gasteiger partial charge in [-0.1, -0.05) is 6.08 Å². The Balaban J connectivity index is 1.18. The fraction of sp³-hybridized carbons (Fsp3) is 0.520. The van der Waals surface area contributed by atoms with Crippen LogP contribution in [0.25, 0.3) is 0 Å². The number of rotatable bonds is 10. The summed E-state index contributed by atoms with van der Waals surface area (Å²) in [5.41, 5.74) is -0.180. The smallest absolute Gasteiger partial charge is 0.333 e. The molecule has 0 aliphatic carbocycles. The largest absolute Gasteiger partial charge is 0.393 e. The first kappa shape index (κ1) is 28.6. The predicted molar refractivity (Wildman–Crippen MR) is 153 cm³/mol. The van der Waals surface area contributed by atoms with Crippen molar-refractivity contribution in [3.05, 3.63) is 67.6 Å². The van der Waals surface area contributed by atoms with Gasteiger partial charge >= 0.3 is 5.69 Å². The minimum Gasteiger partial charge on any atom is -0.393 e. The Bertz CT molecular complexity index is 1240. The van der Waals surface area contributed by atoms with E-state index in [9.17, 15) is 14.7 Å². The molecule has 2 aliphatic heterocycles. The van der Waals surface area contributed by atoms with Crippen molar-refractivity contribution in [1.29, 1.82) is 0 Å². The van der Waals surface area contributed by atoms with Gasteiger partial charge in [-0.15, -0.1) is 0 Å². The molecular weight excluding hydrogens is 574 g/mol. The van der Waals surface area contributed by atoms with Gasteiger partial charge in [-0.25, -0.2) is 9.78 Å². The highest BCUT2D eigenvalue weighted by Crippen LogP contribution is 2.19. The van der Waals surface area contributed by atoms with Crippen molar-refractivity contribution in [1.82, 2.24) is 29.2 Å². The molecule has 0 bridgehead atoms. The summed E-state index contributed by atoms with van der Waals surface area (Å²) >= 11 is 8.71. The van der Waals surface area contributed by atoms with Crippen LogP contribution in [-0.2, 0) is 11.3 Å². The average Bonchev–Trinajstić information content (AvgIpc) is 3.39. The van der Waals surface area contributed by atoms with Gasteiger partial charge in [0.1, 0.15) is 11.9 Å². The van der Waals surface area contributed by atoms with E-state index in [1.54, 1.807) is 25.3 Å². The number of anilines is 1. The number of halogens is 1. The quantitative estimate of drug-likeness (QED) is 0.266. The molecule has 0 spiro atoms. The van der Waals surface area contributed by atoms with Crippen molar-refractivity contribution in [3.63, 3.8) is 0 Å². The van der Waals surface area contributed by atoms with Gasteiger partial charge < -0.3 is 25.4 Å². The highest BCUT2D eigenvalue weighted by Gasteiger charge is 2.23. The molecule has 2 aromatic rings. The second-order valence-corrected chi connectivity index (χ2v) is 10.7. The second kappa shape index (κ2) is 13.6. The Labute approximate surface area is 235 Å². The van der Waals surface area contributed by atoms with Crippen molar-refractivity contribution >= 4 is 39.1 Å². The molecule has 2 aromatic heterocycles. The number of hydrogen-bond donors (Lipinski definition) is 3. The summed E-state index contributed by atoms with van der Waals surface area (Å²) in [4.78, 5) is 34.7. The summed E-state index contributed by atoms with van der Waals surface area (Å²) in [7, 11) is 0. The van der Waals surface area contributed by atoms with Gasteiger partial charge in [0.2, 0.25) is 0 Å². The first-order valence-corrected chi connectivity index (χ1v) is 13.9. The number of aryl methyl sites for hydroxylation is 1. The Morgan fingerprint density at radius 1 is 1.16 bits per heavy atom. The van der Waals surface area contributed by atoms with Gasteiger partial charge in [0, 0.05) is 68.2 Å². The summed E-state index contributed by atoms with van der Waals surface area (Å²) in [6, 6.07) is 3.76. The molecule has 0 unspecified atom stereocenters. The lowest BCUT2D eigenvalue weighted by atomic mass is 10.2. The number of ether oxygens (including phenoxy) is 1. The van der Waals surface area contributed by atoms with Gasteiger partial charge in [0.15, 0.2) is 11.3 Å². The van der Waals surface area contributed by atoms with E-state index >= 15 is 0 Å². The molecule has 0 radical (unpaired) electrons. The number of aromatic nitrogens is 3. The highest BCUT2D eigenvalue weighted by molar-refractivity contribution is 9.10. The number of aliphatic hydroxyl groups is 1. The monoisotopic (exact) mass is 607 g/mol. The number of pyridine rings is 1. The van der Waals surface area contributed by atoms with Crippen molar-refractivity contribution in [2.75, 3.05) is 57.7 Å². The summed E-state index contributed by atoms with van der Waals surface area (Å²) in [6.45, 7) is 8.09. The van der Waals surface area contributed by atoms with Gasteiger partial charge in [-0.2, -0.15) is 0 Å². The van der Waals surface area contributed by atoms with E-state index in [1.165, 1.54) is 15.3 Å². The van der Waals surface area contributed by atoms with Crippen LogP contribution in [0.4, 0.5) is 5.82 Å². The Morgan fingerprint density at radius 3 is 2.55 bits per heavy atom. The van der Waals surface area contributed by atoms with E-state index < -0.39 is 18.0 Å². The van der Waals surface area contributed by atoms with Crippen molar-refractivity contribution in [2.24, 2.45) is 0 Å². The molecule has 38 heavy (non-hydrogen) atoms. The molecule has 13 heteroatoms. The fourth-order valence-electron chi connectivity index (χ4n) is 4.52. The van der Waals surface area contributed by atoms with E-state index in [2.05, 4.69) is 41.3 Å². The lowest BCUT2D eigenvalue weighted by Gasteiger charge is -2.34. The topological polar surface area (TPSA) is 117 Å². The van der Waals surface area contributed by atoms with Crippen LogP contribution in [0.2, 0.25) is 0 Å². The minimum atomic E-state index is -0.615. The number of thiocarbonyl (C=S) groups is 1. The molecule has 2 aliphatic rings. The molecule has 206 valence electrons. The lowest BCUT2D eigenvalue weighted by Crippen LogP contribution is -2.49. The SMILES string of the molecule is Cc1cn([C@H]2C=C[C@@H](CO)O2)c(=O)n(CCCN2CCN(CCNC(=S)Nc3ccc(Br)cn3)CC2)c1=O. The fourth-order valence-corrected chi connectivity index (χ4v) is 4.96. The van der Waals surface area contributed by atoms with E-state index in [0.717, 1.165) is 50.3 Å². The molecular formula is C25H34BrN7O4S. The average molecular weight is 609 g/mol. The van der Waals surface area contributed by atoms with Gasteiger partial charge in [0.05, 0.1) is 6.61 Å². The molecule has 1 saturated heterocycles. The second-order valence-electron chi connectivity index (χ2n) is 9.37. The maximum absolute atomic E-state index is 13.0. The number of nitrogens with one attached hydrogen (secondary N) is 2. The Hall–Kier alpha value is -2.42. The summed E-state index contributed by atoms with van der Waals surface area (Å²) in [5.74, 6) is 0.699. The van der Waals surface area contributed by atoms with Crippen molar-refractivity contribution in [3.8, 4) is 0 Å². The maximum Gasteiger partial charge on any atom is 0.333 e. The van der Waals surface area contributed by atoms with Gasteiger partial charge in [-0.3, -0.25) is 18.8 Å². The van der Waals surface area contributed by atoms with Crippen LogP contribution < -0.4 is 21.9 Å². The molecule has 3 N–H and O–H groups in total. The molecule has 1 fully saturated rings. The number of hydrogen-bond acceptors (Lipinski definition) is 8. The molecule has 0 aromatic carbocycles. The third-order valence-electron chi connectivity index (χ3n) is 6.63. The van der Waals surface area contributed by atoms with E-state index in [4.69, 9.17) is 17.0 Å². The molecule has 2 atom stereocenters. The first-order chi connectivity index (χ1) is 18.3. The normalized spacial score (nSPS) is 20.1. The third kappa shape index (κ3) is 7.58. The Kier molecular flexibility index (Phi) is 10.2. The molecule has 0 saturated carbocycles. The predicted octanol–water partition coefficient (Wildman–Crippen LogP) is 0.916. The zero-order valence-electron chi connectivity index (χ0n) is 21.4. The molecule has 11 nitrogen and oxygen atoms in total. The lowest BCUT2D eigenvalue weighted by molar-refractivity contribution is -0.0111. The van der Waals surface area contributed by atoms with Crippen LogP contribution in [0.3, 0.4) is 0 Å². The summed E-state index contributed by atoms with van der Waals surface area (Å²) in [5, 5.41) is 16.1. The summed E-state index contributed by atoms with van der Waals surface area (Å²) < 4.78 is 9.29. The zero-order chi connectivity index (χ0) is 27.1. The zero-order valence-corrected chi connectivity index (χ0v) is 23.8. The number of piperazine rings is 1. The molecule has 4 rings (SSSR count). The van der Waals surface area contributed by atoms with Crippen LogP contribution >= 0.6 is 28.1 Å². The van der Waals surface area contributed by atoms with Crippen LogP contribution in [0.5, 0.6) is 0 Å². The first-order valence-electron chi connectivity index (χ1n) is 12.7. The number of aliphatic hydroxyl groups excluding tert-OH is 1. The van der Waals surface area contributed by atoms with Crippen LogP contribution in [-0.4, -0.2) is 92.7 Å². The Morgan fingerprint density at radius 2 is 1.89 bits per heavy atom. The van der Waals surface area contributed by atoms with E-state index in [-0.39, 0.29) is 12.2 Å². The van der Waals surface area contributed by atoms with Crippen LogP contribution in [0.15, 0.2) is 50.7 Å². The minimum absolute atomic E-state index is 0.154. The van der Waals surface area contributed by atoms with Crippen molar-refractivity contribution < 1.29 is 9.84 Å². The molecule has 0 amide bonds. The van der Waals surface area contributed by atoms with Crippen LogP contribution in [0, 0.1) is 6.92 Å². The van der Waals surface area contributed by atoms with E-state index in [0.29, 0.717) is 29.5 Å². The van der Waals surface area contributed by atoms with Gasteiger partial charge in [0.25, 0.3) is 5.56 Å². The third-order valence-corrected chi connectivity index (χ3v) is 7.34. The maximum atomic E-state index is 13.0. The summed E-state index contributed by atoms with van der Waals surface area (Å²) in [6.07, 6.45) is 6.35. The standard InChI is InChI=1S/C25H34BrN7O4S/c1-18-16-33(22-6-4-20(17-34)37-22)25(36)32(23(18)35)9-2-8-30-11-13-31(14-12-30)10-7-27-24(38)29-21-5-3-19(26)15-28-21/h3-6,15-16,20,22,34H,2,7-14,17H2,1H3,(H2,27,28,29,38)/t20-,22+/m0/s1. The van der Waals surface area contributed by atoms with Gasteiger partial charge in [-0.05, 0) is 66.2 Å². The van der Waals surface area contributed by atoms with Crippen molar-refractivity contribution in [2.45, 2.75) is 32.2 Å². The van der Waals surface area contributed by atoms with Crippen LogP contribution in [0.1, 0.15) is 18.2 Å². The molecule has 4 heterocycles. The van der Waals surface area contributed by atoms with E-state index in [1.807, 2.05) is 12.1 Å². The highest BCUT2D eigenvalue weighted by atomic mass is 79.9.